The van der Waals surface area contributed by atoms with Gasteiger partial charge in [0, 0.05) is 6.54 Å². The molecule has 0 aromatic rings. The summed E-state index contributed by atoms with van der Waals surface area (Å²) in [5, 5.41) is 0. The first-order chi connectivity index (χ1) is 6.35. The normalized spacial score (nSPS) is 13.9. The van der Waals surface area contributed by atoms with E-state index >= 15 is 0 Å². The van der Waals surface area contributed by atoms with E-state index in [0.717, 1.165) is 13.0 Å². The number of nitrogens with zero attached hydrogens (tertiary/aromatic N) is 1. The molecule has 0 N–H and O–H groups in total. The second-order valence-corrected chi connectivity index (χ2v) is 2.68. The van der Waals surface area contributed by atoms with E-state index in [9.17, 15) is 0 Å². The fourth-order valence-corrected chi connectivity index (χ4v) is 0.979. The van der Waals surface area contributed by atoms with E-state index in [2.05, 4.69) is 29.3 Å². The Bertz CT molecular complexity index is 219. The van der Waals surface area contributed by atoms with Crippen LogP contribution in [0.25, 0.3) is 0 Å². The van der Waals surface area contributed by atoms with Crippen LogP contribution in [0.4, 0.5) is 0 Å². The van der Waals surface area contributed by atoms with Crippen LogP contribution in [0, 0.1) is 0 Å². The third-order valence-electron chi connectivity index (χ3n) is 1.60. The molecular weight excluding hydrogens is 158 g/mol. The van der Waals surface area contributed by atoms with Gasteiger partial charge >= 0.3 is 0 Å². The Morgan fingerprint density at radius 2 is 1.92 bits per heavy atom. The summed E-state index contributed by atoms with van der Waals surface area (Å²) in [7, 11) is 0. The fourth-order valence-electron chi connectivity index (χ4n) is 0.979. The van der Waals surface area contributed by atoms with Crippen molar-refractivity contribution >= 4 is 6.21 Å². The van der Waals surface area contributed by atoms with Gasteiger partial charge in [-0.1, -0.05) is 30.4 Å². The molecule has 0 bridgehead atoms. The van der Waals surface area contributed by atoms with Crippen molar-refractivity contribution in [2.45, 2.75) is 27.2 Å². The van der Waals surface area contributed by atoms with Crippen LogP contribution in [-0.4, -0.2) is 12.8 Å². The first-order valence-corrected chi connectivity index (χ1v) is 4.74. The molecule has 0 amide bonds. The average molecular weight is 177 g/mol. The number of hydrogen-bond acceptors (Lipinski definition) is 1. The van der Waals surface area contributed by atoms with Crippen molar-refractivity contribution in [2.24, 2.45) is 4.99 Å². The lowest BCUT2D eigenvalue weighted by Crippen LogP contribution is -1.84. The van der Waals surface area contributed by atoms with Gasteiger partial charge in [0.1, 0.15) is 0 Å². The minimum Gasteiger partial charge on any atom is -0.297 e. The summed E-state index contributed by atoms with van der Waals surface area (Å²) in [5.74, 6) is 0. The molecular formula is C12H19N. The van der Waals surface area contributed by atoms with Crippen molar-refractivity contribution in [1.82, 2.24) is 0 Å². The maximum atomic E-state index is 4.18. The van der Waals surface area contributed by atoms with Crippen molar-refractivity contribution < 1.29 is 0 Å². The molecule has 0 saturated heterocycles. The van der Waals surface area contributed by atoms with E-state index in [1.807, 2.05) is 33.1 Å². The number of hydrogen-bond donors (Lipinski definition) is 0. The Hall–Kier alpha value is -1.11. The molecule has 0 saturated carbocycles. The quantitative estimate of drug-likeness (QED) is 0.450. The Balaban J connectivity index is 4.09. The van der Waals surface area contributed by atoms with Gasteiger partial charge in [0.15, 0.2) is 0 Å². The van der Waals surface area contributed by atoms with E-state index in [1.165, 1.54) is 5.57 Å². The molecule has 0 spiro atoms. The summed E-state index contributed by atoms with van der Waals surface area (Å²) in [5.41, 5.74) is 1.33. The predicted molar refractivity (Wildman–Crippen MR) is 61.4 cm³/mol. The van der Waals surface area contributed by atoms with Crippen molar-refractivity contribution in [2.75, 3.05) is 6.54 Å². The predicted octanol–water partition coefficient (Wildman–Crippen LogP) is 3.55. The first kappa shape index (κ1) is 11.9. The lowest BCUT2D eigenvalue weighted by atomic mass is 10.1. The molecule has 0 heterocycles. The number of allylic oxidation sites excluding steroid dienone is 5. The van der Waals surface area contributed by atoms with Gasteiger partial charge in [-0.25, -0.2) is 0 Å². The highest BCUT2D eigenvalue weighted by molar-refractivity contribution is 5.53. The summed E-state index contributed by atoms with van der Waals surface area (Å²) in [6.45, 7) is 6.88. The molecule has 0 unspecified atom stereocenters. The van der Waals surface area contributed by atoms with Crippen LogP contribution in [-0.2, 0) is 0 Å². The molecule has 1 heteroatoms. The summed E-state index contributed by atoms with van der Waals surface area (Å²) in [6, 6.07) is 0. The van der Waals surface area contributed by atoms with Crippen LogP contribution in [0.5, 0.6) is 0 Å². The van der Waals surface area contributed by atoms with Crippen molar-refractivity contribution in [3.8, 4) is 0 Å². The zero-order chi connectivity index (χ0) is 9.94. The van der Waals surface area contributed by atoms with Gasteiger partial charge in [0.05, 0.1) is 0 Å². The van der Waals surface area contributed by atoms with Crippen LogP contribution in [0.1, 0.15) is 27.2 Å². The monoisotopic (exact) mass is 177 g/mol. The minimum absolute atomic E-state index is 0.879. The van der Waals surface area contributed by atoms with Crippen LogP contribution < -0.4 is 0 Å². The Morgan fingerprint density at radius 1 is 1.15 bits per heavy atom. The van der Waals surface area contributed by atoms with Crippen LogP contribution in [0.2, 0.25) is 0 Å². The topological polar surface area (TPSA) is 12.4 Å². The largest absolute Gasteiger partial charge is 0.297 e. The first-order valence-electron chi connectivity index (χ1n) is 4.74. The van der Waals surface area contributed by atoms with Gasteiger partial charge in [-0.2, -0.15) is 0 Å². The molecule has 0 aliphatic carbocycles. The fraction of sp³-hybridized carbons (Fsp3) is 0.417. The molecule has 0 aromatic heterocycles. The molecule has 0 atom stereocenters. The van der Waals surface area contributed by atoms with Gasteiger partial charge < -0.3 is 0 Å². The van der Waals surface area contributed by atoms with Gasteiger partial charge in [0.25, 0.3) is 0 Å². The molecule has 1 nitrogen and oxygen atoms in total. The molecule has 0 aliphatic heterocycles. The van der Waals surface area contributed by atoms with Crippen LogP contribution in [0.3, 0.4) is 0 Å². The van der Waals surface area contributed by atoms with Crippen LogP contribution >= 0.6 is 0 Å². The zero-order valence-corrected chi connectivity index (χ0v) is 8.83. The molecule has 72 valence electrons. The van der Waals surface area contributed by atoms with E-state index in [0.29, 0.717) is 0 Å². The molecule has 0 aliphatic rings. The molecule has 0 fully saturated rings. The lowest BCUT2D eigenvalue weighted by Gasteiger charge is -1.96. The molecule has 13 heavy (non-hydrogen) atoms. The zero-order valence-electron chi connectivity index (χ0n) is 8.83. The highest BCUT2D eigenvalue weighted by atomic mass is 14.7. The van der Waals surface area contributed by atoms with Crippen molar-refractivity contribution in [1.29, 1.82) is 0 Å². The van der Waals surface area contributed by atoms with Crippen molar-refractivity contribution in [3.63, 3.8) is 0 Å². The van der Waals surface area contributed by atoms with E-state index in [-0.39, 0.29) is 0 Å². The summed E-state index contributed by atoms with van der Waals surface area (Å²) >= 11 is 0. The molecule has 0 aromatic carbocycles. The van der Waals surface area contributed by atoms with Crippen molar-refractivity contribution in [3.05, 3.63) is 36.0 Å². The minimum atomic E-state index is 0.879. The van der Waals surface area contributed by atoms with E-state index in [1.54, 1.807) is 0 Å². The smallest absolute Gasteiger partial charge is 0.0425 e. The standard InChI is InChI=1S/C12H19N/c1-4-7-9-12(8-5-2)10-11-13-6-3/h4-9H,10-11H2,1-3H3/b7-4-,8-5-,12-9+,13-6?. The Labute approximate surface area is 81.6 Å². The van der Waals surface area contributed by atoms with Gasteiger partial charge in [0.2, 0.25) is 0 Å². The second kappa shape index (κ2) is 8.98. The number of aliphatic imine (C=N–C) groups is 1. The third-order valence-corrected chi connectivity index (χ3v) is 1.60. The summed E-state index contributed by atoms with van der Waals surface area (Å²) in [6.07, 6.45) is 13.3. The van der Waals surface area contributed by atoms with Gasteiger partial charge in [-0.05, 0) is 39.0 Å². The second-order valence-electron chi connectivity index (χ2n) is 2.68. The summed E-state index contributed by atoms with van der Waals surface area (Å²) in [4.78, 5) is 4.18. The van der Waals surface area contributed by atoms with Gasteiger partial charge in [-0.15, -0.1) is 0 Å². The SMILES string of the molecule is CC=NCCC(/C=C\C)=C/C=C\C. The number of rotatable bonds is 5. The Morgan fingerprint density at radius 3 is 2.46 bits per heavy atom. The van der Waals surface area contributed by atoms with E-state index in [4.69, 9.17) is 0 Å². The average Bonchev–Trinajstić information content (AvgIpc) is 2.14. The third kappa shape index (κ3) is 7.26. The molecule has 0 radical (unpaired) electrons. The summed E-state index contributed by atoms with van der Waals surface area (Å²) < 4.78 is 0. The Kier molecular flexibility index (Phi) is 8.21. The van der Waals surface area contributed by atoms with Gasteiger partial charge in [-0.3, -0.25) is 4.99 Å². The highest BCUT2D eigenvalue weighted by Gasteiger charge is 1.88. The molecule has 0 rings (SSSR count). The highest BCUT2D eigenvalue weighted by Crippen LogP contribution is 2.04. The van der Waals surface area contributed by atoms with E-state index < -0.39 is 0 Å². The maximum Gasteiger partial charge on any atom is 0.0425 e. The maximum absolute atomic E-state index is 4.18. The van der Waals surface area contributed by atoms with Crippen LogP contribution in [0.15, 0.2) is 40.9 Å². The lowest BCUT2D eigenvalue weighted by molar-refractivity contribution is 0.976.